The lowest BCUT2D eigenvalue weighted by molar-refractivity contribution is 0.102. The van der Waals surface area contributed by atoms with E-state index in [9.17, 15) is 4.79 Å². The van der Waals surface area contributed by atoms with Gasteiger partial charge in [0.1, 0.15) is 12.1 Å². The predicted octanol–water partition coefficient (Wildman–Crippen LogP) is 3.64. The molecule has 2 aromatic heterocycles. The molecule has 1 N–H and O–H groups in total. The molecule has 0 bridgehead atoms. The zero-order chi connectivity index (χ0) is 20.7. The normalized spacial score (nSPS) is 18.6. The van der Waals surface area contributed by atoms with E-state index >= 15 is 0 Å². The predicted molar refractivity (Wildman–Crippen MR) is 116 cm³/mol. The SMILES string of the molecule is Cc1ccc(C(=O)Nc2cc(C3CC3)nn2C)cc1C1CCN(c2cncnc2)C1. The van der Waals surface area contributed by atoms with Crippen molar-refractivity contribution >= 4 is 17.4 Å². The van der Waals surface area contributed by atoms with Gasteiger partial charge in [-0.25, -0.2) is 9.97 Å². The molecule has 2 aliphatic rings. The summed E-state index contributed by atoms with van der Waals surface area (Å²) in [5.74, 6) is 1.61. The molecule has 0 spiro atoms. The van der Waals surface area contributed by atoms with Crippen LogP contribution in [0.15, 0.2) is 43.0 Å². The average Bonchev–Trinajstić information content (AvgIpc) is 3.38. The van der Waals surface area contributed by atoms with Gasteiger partial charge in [-0.05, 0) is 49.4 Å². The van der Waals surface area contributed by atoms with Crippen molar-refractivity contribution in [1.82, 2.24) is 19.7 Å². The number of aromatic nitrogens is 4. The van der Waals surface area contributed by atoms with Crippen LogP contribution in [0.3, 0.4) is 0 Å². The van der Waals surface area contributed by atoms with Crippen LogP contribution in [0.2, 0.25) is 0 Å². The molecule has 7 nitrogen and oxygen atoms in total. The number of nitrogens with zero attached hydrogens (tertiary/aromatic N) is 5. The molecule has 1 aliphatic carbocycles. The summed E-state index contributed by atoms with van der Waals surface area (Å²) < 4.78 is 1.76. The van der Waals surface area contributed by atoms with E-state index in [1.54, 1.807) is 11.0 Å². The van der Waals surface area contributed by atoms with E-state index in [2.05, 4.69) is 44.3 Å². The molecule has 3 aromatic rings. The van der Waals surface area contributed by atoms with Gasteiger partial charge in [0.05, 0.1) is 23.8 Å². The number of benzene rings is 1. The molecule has 30 heavy (non-hydrogen) atoms. The van der Waals surface area contributed by atoms with Gasteiger partial charge < -0.3 is 10.2 Å². The lowest BCUT2D eigenvalue weighted by Gasteiger charge is -2.19. The number of rotatable bonds is 5. The van der Waals surface area contributed by atoms with Gasteiger partial charge in [0.2, 0.25) is 0 Å². The Morgan fingerprint density at radius 3 is 2.67 bits per heavy atom. The molecular weight excluding hydrogens is 376 g/mol. The molecule has 1 unspecified atom stereocenters. The van der Waals surface area contributed by atoms with Crippen LogP contribution in [0.5, 0.6) is 0 Å². The summed E-state index contributed by atoms with van der Waals surface area (Å²) in [6.07, 6.45) is 8.71. The van der Waals surface area contributed by atoms with E-state index in [0.717, 1.165) is 36.7 Å². The molecule has 1 amide bonds. The maximum Gasteiger partial charge on any atom is 0.256 e. The molecule has 1 aliphatic heterocycles. The minimum atomic E-state index is -0.0899. The third kappa shape index (κ3) is 3.67. The second kappa shape index (κ2) is 7.55. The lowest BCUT2D eigenvalue weighted by Crippen LogP contribution is -2.20. The highest BCUT2D eigenvalue weighted by molar-refractivity contribution is 6.04. The maximum atomic E-state index is 12.9. The highest BCUT2D eigenvalue weighted by Gasteiger charge is 2.28. The molecule has 2 fully saturated rings. The quantitative estimate of drug-likeness (QED) is 0.705. The zero-order valence-electron chi connectivity index (χ0n) is 17.4. The largest absolute Gasteiger partial charge is 0.368 e. The maximum absolute atomic E-state index is 12.9. The Kier molecular flexibility index (Phi) is 4.73. The van der Waals surface area contributed by atoms with Crippen molar-refractivity contribution in [2.24, 2.45) is 7.05 Å². The van der Waals surface area contributed by atoms with Crippen molar-refractivity contribution in [2.45, 2.75) is 38.0 Å². The van der Waals surface area contributed by atoms with Crippen LogP contribution in [-0.2, 0) is 7.05 Å². The zero-order valence-corrected chi connectivity index (χ0v) is 17.4. The van der Waals surface area contributed by atoms with Gasteiger partial charge in [0, 0.05) is 43.6 Å². The number of amides is 1. The van der Waals surface area contributed by atoms with Crippen LogP contribution < -0.4 is 10.2 Å². The molecule has 1 saturated carbocycles. The first-order valence-corrected chi connectivity index (χ1v) is 10.5. The Bertz CT molecular complexity index is 1070. The van der Waals surface area contributed by atoms with Crippen molar-refractivity contribution in [2.75, 3.05) is 23.3 Å². The van der Waals surface area contributed by atoms with Gasteiger partial charge in [-0.3, -0.25) is 9.48 Å². The van der Waals surface area contributed by atoms with Crippen LogP contribution in [0.4, 0.5) is 11.5 Å². The van der Waals surface area contributed by atoms with Crippen molar-refractivity contribution in [3.8, 4) is 0 Å². The molecule has 5 rings (SSSR count). The highest BCUT2D eigenvalue weighted by atomic mass is 16.1. The summed E-state index contributed by atoms with van der Waals surface area (Å²) in [5.41, 5.74) is 5.28. The first-order chi connectivity index (χ1) is 14.6. The minimum absolute atomic E-state index is 0.0899. The van der Waals surface area contributed by atoms with Crippen molar-refractivity contribution < 1.29 is 4.79 Å². The fourth-order valence-corrected chi connectivity index (χ4v) is 4.30. The topological polar surface area (TPSA) is 75.9 Å². The fourth-order valence-electron chi connectivity index (χ4n) is 4.30. The summed E-state index contributed by atoms with van der Waals surface area (Å²) in [6, 6.07) is 8.02. The number of hydrogen-bond acceptors (Lipinski definition) is 5. The Balaban J connectivity index is 1.33. The number of carbonyl (C=O) groups is 1. The second-order valence-electron chi connectivity index (χ2n) is 8.41. The molecule has 154 valence electrons. The summed E-state index contributed by atoms with van der Waals surface area (Å²) >= 11 is 0. The first-order valence-electron chi connectivity index (χ1n) is 10.5. The van der Waals surface area contributed by atoms with Gasteiger partial charge in [0.25, 0.3) is 5.91 Å². The Morgan fingerprint density at radius 2 is 1.90 bits per heavy atom. The molecule has 1 aromatic carbocycles. The van der Waals surface area contributed by atoms with E-state index in [1.165, 1.54) is 24.0 Å². The fraction of sp³-hybridized carbons (Fsp3) is 0.391. The molecule has 7 heteroatoms. The lowest BCUT2D eigenvalue weighted by atomic mass is 9.92. The second-order valence-corrected chi connectivity index (χ2v) is 8.41. The van der Waals surface area contributed by atoms with Crippen LogP contribution in [0.1, 0.15) is 58.3 Å². The van der Waals surface area contributed by atoms with E-state index in [4.69, 9.17) is 0 Å². The molecule has 3 heterocycles. The Hall–Kier alpha value is -3.22. The van der Waals surface area contributed by atoms with E-state index in [0.29, 0.717) is 17.4 Å². The van der Waals surface area contributed by atoms with Crippen molar-refractivity contribution in [3.05, 3.63) is 65.4 Å². The molecule has 1 saturated heterocycles. The number of aryl methyl sites for hydroxylation is 2. The summed E-state index contributed by atoms with van der Waals surface area (Å²) in [4.78, 5) is 23.5. The number of nitrogens with one attached hydrogen (secondary N) is 1. The molecular formula is C23H26N6O. The van der Waals surface area contributed by atoms with Crippen LogP contribution >= 0.6 is 0 Å². The third-order valence-corrected chi connectivity index (χ3v) is 6.22. The number of hydrogen-bond donors (Lipinski definition) is 1. The third-order valence-electron chi connectivity index (χ3n) is 6.22. The number of anilines is 2. The standard InChI is InChI=1S/C23H26N6O/c1-15-3-4-17(23(30)26-22-10-21(16-5-6-16)27-28(22)2)9-20(15)18-7-8-29(13-18)19-11-24-14-25-12-19/h3-4,9-12,14,16,18H,5-8,13H2,1-2H3,(H,26,30). The van der Waals surface area contributed by atoms with Crippen LogP contribution in [-0.4, -0.2) is 38.7 Å². The summed E-state index contributed by atoms with van der Waals surface area (Å²) in [7, 11) is 1.88. The first kappa shape index (κ1) is 18.8. The van der Waals surface area contributed by atoms with E-state index in [-0.39, 0.29) is 5.91 Å². The Morgan fingerprint density at radius 1 is 1.10 bits per heavy atom. The smallest absolute Gasteiger partial charge is 0.256 e. The Labute approximate surface area is 176 Å². The van der Waals surface area contributed by atoms with Crippen LogP contribution in [0.25, 0.3) is 0 Å². The van der Waals surface area contributed by atoms with Crippen molar-refractivity contribution in [1.29, 1.82) is 0 Å². The average molecular weight is 403 g/mol. The van der Waals surface area contributed by atoms with Gasteiger partial charge in [-0.2, -0.15) is 5.10 Å². The van der Waals surface area contributed by atoms with Gasteiger partial charge in [-0.15, -0.1) is 0 Å². The van der Waals surface area contributed by atoms with Gasteiger partial charge in [0.15, 0.2) is 0 Å². The van der Waals surface area contributed by atoms with Gasteiger partial charge in [-0.1, -0.05) is 6.07 Å². The molecule has 1 atom stereocenters. The van der Waals surface area contributed by atoms with Gasteiger partial charge >= 0.3 is 0 Å². The van der Waals surface area contributed by atoms with E-state index < -0.39 is 0 Å². The number of carbonyl (C=O) groups excluding carboxylic acids is 1. The van der Waals surface area contributed by atoms with Crippen molar-refractivity contribution in [3.63, 3.8) is 0 Å². The monoisotopic (exact) mass is 402 g/mol. The minimum Gasteiger partial charge on any atom is -0.368 e. The summed E-state index contributed by atoms with van der Waals surface area (Å²) in [6.45, 7) is 3.99. The van der Waals surface area contributed by atoms with Crippen LogP contribution in [0, 0.1) is 6.92 Å². The highest BCUT2D eigenvalue weighted by Crippen LogP contribution is 2.40. The van der Waals surface area contributed by atoms with E-state index in [1.807, 2.05) is 31.6 Å². The molecule has 0 radical (unpaired) electrons. The summed E-state index contributed by atoms with van der Waals surface area (Å²) in [5, 5.41) is 7.57.